The minimum absolute atomic E-state index is 0.201. The van der Waals surface area contributed by atoms with Gasteiger partial charge in [-0.05, 0) is 31.2 Å². The Balaban J connectivity index is 2.07. The van der Waals surface area contributed by atoms with Gasteiger partial charge in [-0.2, -0.15) is 0 Å². The zero-order valence-corrected chi connectivity index (χ0v) is 10.1. The van der Waals surface area contributed by atoms with Gasteiger partial charge in [-0.25, -0.2) is 10.6 Å². The molecule has 2 rings (SSSR count). The van der Waals surface area contributed by atoms with E-state index in [2.05, 4.69) is 12.3 Å². The van der Waals surface area contributed by atoms with Crippen LogP contribution in [0.3, 0.4) is 0 Å². The minimum atomic E-state index is -0.201. The number of urea groups is 1. The van der Waals surface area contributed by atoms with Crippen LogP contribution in [0.15, 0.2) is 30.3 Å². The lowest BCUT2D eigenvalue weighted by Gasteiger charge is -2.28. The molecule has 0 heterocycles. The Labute approximate surface area is 102 Å². The highest BCUT2D eigenvalue weighted by atomic mass is 16.2. The summed E-state index contributed by atoms with van der Waals surface area (Å²) < 4.78 is 0. The second-order valence-corrected chi connectivity index (χ2v) is 4.64. The van der Waals surface area contributed by atoms with Gasteiger partial charge in [0, 0.05) is 12.6 Å². The van der Waals surface area contributed by atoms with Crippen molar-refractivity contribution in [1.82, 2.24) is 10.3 Å². The first-order valence-corrected chi connectivity index (χ1v) is 6.03. The predicted molar refractivity (Wildman–Crippen MR) is 66.9 cm³/mol. The maximum atomic E-state index is 11.8. The van der Waals surface area contributed by atoms with Gasteiger partial charge in [0.1, 0.15) is 0 Å². The molecular weight excluding hydrogens is 214 g/mol. The van der Waals surface area contributed by atoms with Gasteiger partial charge >= 0.3 is 6.03 Å². The molecule has 92 valence electrons. The van der Waals surface area contributed by atoms with Gasteiger partial charge in [0.15, 0.2) is 0 Å². The molecule has 4 heteroatoms. The molecule has 0 spiro atoms. The standard InChI is InChI=1S/C13H19N3O/c1-10(12-7-8-12)16(13(17)15-14)9-11-5-3-2-4-6-11/h2-6,10,12H,7-9,14H2,1H3,(H,15,17). The Morgan fingerprint density at radius 2 is 2.12 bits per heavy atom. The summed E-state index contributed by atoms with van der Waals surface area (Å²) in [5, 5.41) is 0. The van der Waals surface area contributed by atoms with E-state index in [-0.39, 0.29) is 12.1 Å². The van der Waals surface area contributed by atoms with Crippen LogP contribution in [0.25, 0.3) is 0 Å². The topological polar surface area (TPSA) is 58.4 Å². The molecule has 17 heavy (non-hydrogen) atoms. The molecular formula is C13H19N3O. The van der Waals surface area contributed by atoms with Gasteiger partial charge in [0.2, 0.25) is 0 Å². The Morgan fingerprint density at radius 1 is 1.47 bits per heavy atom. The minimum Gasteiger partial charge on any atom is -0.316 e. The van der Waals surface area contributed by atoms with Crippen molar-refractivity contribution in [3.8, 4) is 0 Å². The third-order valence-electron chi connectivity index (χ3n) is 3.38. The number of hydrazine groups is 1. The lowest BCUT2D eigenvalue weighted by Crippen LogP contribution is -2.47. The summed E-state index contributed by atoms with van der Waals surface area (Å²) in [6, 6.07) is 10.0. The maximum Gasteiger partial charge on any atom is 0.332 e. The number of hydrogen-bond donors (Lipinski definition) is 2. The van der Waals surface area contributed by atoms with E-state index in [1.165, 1.54) is 12.8 Å². The average Bonchev–Trinajstić information content (AvgIpc) is 3.20. The van der Waals surface area contributed by atoms with Crippen LogP contribution >= 0.6 is 0 Å². The average molecular weight is 233 g/mol. The summed E-state index contributed by atoms with van der Waals surface area (Å²) in [6.45, 7) is 2.71. The lowest BCUT2D eigenvalue weighted by molar-refractivity contribution is 0.167. The highest BCUT2D eigenvalue weighted by Crippen LogP contribution is 2.35. The van der Waals surface area contributed by atoms with E-state index in [1.807, 2.05) is 35.2 Å². The fourth-order valence-electron chi connectivity index (χ4n) is 2.10. The number of carbonyl (C=O) groups excluding carboxylic acids is 1. The summed E-state index contributed by atoms with van der Waals surface area (Å²) in [7, 11) is 0. The monoisotopic (exact) mass is 233 g/mol. The molecule has 3 N–H and O–H groups in total. The Bertz CT molecular complexity index is 376. The number of nitrogens with zero attached hydrogens (tertiary/aromatic N) is 1. The lowest BCUT2D eigenvalue weighted by atomic mass is 10.1. The summed E-state index contributed by atoms with van der Waals surface area (Å²) >= 11 is 0. The van der Waals surface area contributed by atoms with E-state index in [0.29, 0.717) is 12.5 Å². The molecule has 1 aliphatic carbocycles. The SMILES string of the molecule is CC(C1CC1)N(Cc1ccccc1)C(=O)NN. The molecule has 1 aliphatic rings. The van der Waals surface area contributed by atoms with E-state index in [4.69, 9.17) is 5.84 Å². The molecule has 1 aromatic rings. The zero-order valence-electron chi connectivity index (χ0n) is 10.1. The van der Waals surface area contributed by atoms with Gasteiger partial charge < -0.3 is 4.90 Å². The summed E-state index contributed by atoms with van der Waals surface area (Å²) in [6.07, 6.45) is 2.43. The van der Waals surface area contributed by atoms with Crippen LogP contribution in [-0.4, -0.2) is 17.0 Å². The third-order valence-corrected chi connectivity index (χ3v) is 3.38. The number of hydrogen-bond acceptors (Lipinski definition) is 2. The van der Waals surface area contributed by atoms with Crippen LogP contribution in [0.2, 0.25) is 0 Å². The van der Waals surface area contributed by atoms with Crippen molar-refractivity contribution in [2.24, 2.45) is 11.8 Å². The quantitative estimate of drug-likeness (QED) is 0.474. The van der Waals surface area contributed by atoms with Crippen LogP contribution < -0.4 is 11.3 Å². The van der Waals surface area contributed by atoms with Crippen molar-refractivity contribution in [2.45, 2.75) is 32.4 Å². The van der Waals surface area contributed by atoms with Crippen molar-refractivity contribution < 1.29 is 4.79 Å². The molecule has 0 radical (unpaired) electrons. The number of carbonyl (C=O) groups is 1. The van der Waals surface area contributed by atoms with Gasteiger partial charge in [0.25, 0.3) is 0 Å². The molecule has 0 saturated heterocycles. The Kier molecular flexibility index (Phi) is 3.64. The first kappa shape index (κ1) is 11.9. The van der Waals surface area contributed by atoms with E-state index >= 15 is 0 Å². The van der Waals surface area contributed by atoms with Gasteiger partial charge in [-0.15, -0.1) is 0 Å². The molecule has 2 amide bonds. The molecule has 1 unspecified atom stereocenters. The van der Waals surface area contributed by atoms with Crippen molar-refractivity contribution in [2.75, 3.05) is 0 Å². The van der Waals surface area contributed by atoms with Crippen LogP contribution in [0, 0.1) is 5.92 Å². The van der Waals surface area contributed by atoms with Crippen LogP contribution in [0.1, 0.15) is 25.3 Å². The largest absolute Gasteiger partial charge is 0.332 e. The Morgan fingerprint density at radius 3 is 2.65 bits per heavy atom. The molecule has 1 saturated carbocycles. The molecule has 0 aromatic heterocycles. The van der Waals surface area contributed by atoms with Crippen LogP contribution in [0.4, 0.5) is 4.79 Å². The van der Waals surface area contributed by atoms with E-state index in [9.17, 15) is 4.79 Å². The van der Waals surface area contributed by atoms with E-state index in [0.717, 1.165) is 5.56 Å². The molecule has 1 aromatic carbocycles. The van der Waals surface area contributed by atoms with Gasteiger partial charge in [-0.1, -0.05) is 30.3 Å². The van der Waals surface area contributed by atoms with Crippen LogP contribution in [0.5, 0.6) is 0 Å². The van der Waals surface area contributed by atoms with Gasteiger partial charge in [0.05, 0.1) is 0 Å². The predicted octanol–water partition coefficient (Wildman–Crippen LogP) is 1.87. The molecule has 4 nitrogen and oxygen atoms in total. The number of rotatable bonds is 4. The van der Waals surface area contributed by atoms with Crippen molar-refractivity contribution in [3.05, 3.63) is 35.9 Å². The zero-order chi connectivity index (χ0) is 12.3. The highest BCUT2D eigenvalue weighted by Gasteiger charge is 2.34. The van der Waals surface area contributed by atoms with Crippen molar-refractivity contribution in [3.63, 3.8) is 0 Å². The van der Waals surface area contributed by atoms with Crippen LogP contribution in [-0.2, 0) is 6.54 Å². The first-order chi connectivity index (χ1) is 8.22. The molecule has 0 aliphatic heterocycles. The highest BCUT2D eigenvalue weighted by molar-refractivity contribution is 5.73. The first-order valence-electron chi connectivity index (χ1n) is 6.03. The normalized spacial score (nSPS) is 16.4. The van der Waals surface area contributed by atoms with Gasteiger partial charge in [-0.3, -0.25) is 5.43 Å². The number of nitrogens with one attached hydrogen (secondary N) is 1. The van der Waals surface area contributed by atoms with E-state index in [1.54, 1.807) is 0 Å². The number of amides is 2. The van der Waals surface area contributed by atoms with Crippen molar-refractivity contribution >= 4 is 6.03 Å². The molecule has 1 atom stereocenters. The second kappa shape index (κ2) is 5.19. The third kappa shape index (κ3) is 2.97. The second-order valence-electron chi connectivity index (χ2n) is 4.64. The summed E-state index contributed by atoms with van der Waals surface area (Å²) in [5.41, 5.74) is 3.36. The van der Waals surface area contributed by atoms with E-state index < -0.39 is 0 Å². The summed E-state index contributed by atoms with van der Waals surface area (Å²) in [4.78, 5) is 13.6. The smallest absolute Gasteiger partial charge is 0.316 e. The molecule has 1 fully saturated rings. The number of nitrogens with two attached hydrogens (primary N) is 1. The summed E-state index contributed by atoms with van der Waals surface area (Å²) in [5.74, 6) is 5.88. The van der Waals surface area contributed by atoms with Crippen molar-refractivity contribution in [1.29, 1.82) is 0 Å². The molecule has 0 bridgehead atoms. The fraction of sp³-hybridized carbons (Fsp3) is 0.462. The Hall–Kier alpha value is -1.55. The fourth-order valence-corrected chi connectivity index (χ4v) is 2.10. The maximum absolute atomic E-state index is 11.8. The number of benzene rings is 1.